The molecule has 1 amide bonds. The number of carbonyl (C=O) groups excluding carboxylic acids is 1. The van der Waals surface area contributed by atoms with Crippen molar-refractivity contribution in [1.82, 2.24) is 9.55 Å². The Balaban J connectivity index is 1.59. The van der Waals surface area contributed by atoms with E-state index in [9.17, 15) is 23.1 Å². The molecule has 2 aromatic carbocycles. The number of aliphatic hydroxyl groups is 1. The molecule has 6 nitrogen and oxygen atoms in total. The van der Waals surface area contributed by atoms with E-state index in [1.807, 2.05) is 6.07 Å². The van der Waals surface area contributed by atoms with Gasteiger partial charge in [-0.2, -0.15) is 5.26 Å². The van der Waals surface area contributed by atoms with Gasteiger partial charge in [-0.15, -0.1) is 0 Å². The summed E-state index contributed by atoms with van der Waals surface area (Å²) in [5.41, 5.74) is -1.18. The van der Waals surface area contributed by atoms with E-state index in [4.69, 9.17) is 5.26 Å². The molecule has 4 rings (SSSR count). The van der Waals surface area contributed by atoms with Gasteiger partial charge in [0.25, 0.3) is 0 Å². The van der Waals surface area contributed by atoms with Crippen molar-refractivity contribution < 1.29 is 23.1 Å². The number of imidazole rings is 1. The van der Waals surface area contributed by atoms with Crippen molar-refractivity contribution in [1.29, 1.82) is 5.26 Å². The largest absolute Gasteiger partial charge is 0.383 e. The maximum atomic E-state index is 14.6. The van der Waals surface area contributed by atoms with E-state index in [-0.39, 0.29) is 23.2 Å². The maximum absolute atomic E-state index is 14.6. The van der Waals surface area contributed by atoms with Gasteiger partial charge in [0.2, 0.25) is 5.91 Å². The number of nitrogens with zero attached hydrogens (tertiary/aromatic N) is 3. The first-order chi connectivity index (χ1) is 14.3. The molecule has 0 unspecified atom stereocenters. The van der Waals surface area contributed by atoms with Gasteiger partial charge in [-0.05, 0) is 24.3 Å². The number of anilines is 1. The lowest BCUT2D eigenvalue weighted by Gasteiger charge is -2.22. The SMILES string of the molecule is N#Cc1ccc([C@H]2C[C@](O)(CC(=O)Nc3ccc(F)cc3F)c3cncn32)c(F)c1. The quantitative estimate of drug-likeness (QED) is 0.687. The zero-order chi connectivity index (χ0) is 21.5. The van der Waals surface area contributed by atoms with Crippen LogP contribution in [0.4, 0.5) is 18.9 Å². The molecular formula is C21H15F3N4O2. The van der Waals surface area contributed by atoms with Crippen LogP contribution < -0.4 is 5.32 Å². The van der Waals surface area contributed by atoms with Crippen LogP contribution in [0, 0.1) is 28.8 Å². The summed E-state index contributed by atoms with van der Waals surface area (Å²) >= 11 is 0. The van der Waals surface area contributed by atoms with Crippen LogP contribution in [-0.2, 0) is 10.4 Å². The van der Waals surface area contributed by atoms with Gasteiger partial charge in [-0.1, -0.05) is 6.07 Å². The minimum absolute atomic E-state index is 0.0208. The summed E-state index contributed by atoms with van der Waals surface area (Å²) in [5.74, 6) is -3.03. The highest BCUT2D eigenvalue weighted by Crippen LogP contribution is 2.45. The molecule has 2 heterocycles. The fourth-order valence-electron chi connectivity index (χ4n) is 3.78. The van der Waals surface area contributed by atoms with Crippen LogP contribution in [-0.4, -0.2) is 20.6 Å². The first-order valence-corrected chi connectivity index (χ1v) is 9.00. The van der Waals surface area contributed by atoms with Crippen LogP contribution in [0.2, 0.25) is 0 Å². The zero-order valence-corrected chi connectivity index (χ0v) is 15.4. The molecule has 30 heavy (non-hydrogen) atoms. The number of benzene rings is 2. The molecule has 0 bridgehead atoms. The summed E-state index contributed by atoms with van der Waals surface area (Å²) in [7, 11) is 0. The van der Waals surface area contributed by atoms with Crippen LogP contribution in [0.1, 0.15) is 35.7 Å². The minimum Gasteiger partial charge on any atom is -0.383 e. The average molecular weight is 412 g/mol. The van der Waals surface area contributed by atoms with Crippen molar-refractivity contribution in [3.8, 4) is 6.07 Å². The third kappa shape index (κ3) is 3.42. The van der Waals surface area contributed by atoms with E-state index in [1.165, 1.54) is 24.7 Å². The summed E-state index contributed by atoms with van der Waals surface area (Å²) in [6, 6.07) is 7.97. The molecule has 1 aromatic heterocycles. The van der Waals surface area contributed by atoms with Crippen molar-refractivity contribution in [2.75, 3.05) is 5.32 Å². The molecule has 0 fully saturated rings. The average Bonchev–Trinajstić information content (AvgIpc) is 3.27. The number of rotatable bonds is 4. The van der Waals surface area contributed by atoms with E-state index in [0.29, 0.717) is 11.8 Å². The van der Waals surface area contributed by atoms with Crippen molar-refractivity contribution in [2.45, 2.75) is 24.5 Å². The summed E-state index contributed by atoms with van der Waals surface area (Å²) in [5, 5.41) is 22.4. The van der Waals surface area contributed by atoms with Crippen molar-refractivity contribution >= 4 is 11.6 Å². The Morgan fingerprint density at radius 3 is 2.77 bits per heavy atom. The minimum atomic E-state index is -1.68. The molecule has 0 saturated carbocycles. The van der Waals surface area contributed by atoms with Crippen LogP contribution in [0.5, 0.6) is 0 Å². The van der Waals surface area contributed by atoms with Crippen LogP contribution in [0.3, 0.4) is 0 Å². The molecule has 152 valence electrons. The van der Waals surface area contributed by atoms with E-state index < -0.39 is 41.4 Å². The Kier molecular flexibility index (Phi) is 4.79. The van der Waals surface area contributed by atoms with Crippen LogP contribution in [0.15, 0.2) is 48.9 Å². The highest BCUT2D eigenvalue weighted by atomic mass is 19.1. The van der Waals surface area contributed by atoms with Gasteiger partial charge in [0.05, 0.1) is 48.0 Å². The standard InChI is InChI=1S/C21H15F3N4O2/c22-13-2-4-17(16(24)6-13)27-20(29)8-21(30)7-18(28-11-26-10-19(21)28)14-3-1-12(9-25)5-15(14)23/h1-6,10-11,18,30H,7-8H2,(H,27,29)/t18-,21+/m1/s1. The number of amides is 1. The Morgan fingerprint density at radius 2 is 2.07 bits per heavy atom. The Hall–Kier alpha value is -3.64. The molecule has 0 spiro atoms. The van der Waals surface area contributed by atoms with Gasteiger partial charge in [0.1, 0.15) is 23.1 Å². The van der Waals surface area contributed by atoms with Gasteiger partial charge >= 0.3 is 0 Å². The fourth-order valence-corrected chi connectivity index (χ4v) is 3.78. The Morgan fingerprint density at radius 1 is 1.27 bits per heavy atom. The number of carbonyl (C=O) groups is 1. The van der Waals surface area contributed by atoms with Gasteiger partial charge < -0.3 is 15.0 Å². The molecule has 1 aliphatic heterocycles. The molecule has 0 radical (unpaired) electrons. The van der Waals surface area contributed by atoms with Gasteiger partial charge in [-0.3, -0.25) is 4.79 Å². The van der Waals surface area contributed by atoms with Gasteiger partial charge in [-0.25, -0.2) is 18.2 Å². The Bertz CT molecular complexity index is 1190. The number of hydrogen-bond acceptors (Lipinski definition) is 4. The van der Waals surface area contributed by atoms with Crippen LogP contribution >= 0.6 is 0 Å². The smallest absolute Gasteiger partial charge is 0.227 e. The van der Waals surface area contributed by atoms with Crippen molar-refractivity contribution in [3.63, 3.8) is 0 Å². The molecule has 3 aromatic rings. The topological polar surface area (TPSA) is 90.9 Å². The zero-order valence-electron chi connectivity index (χ0n) is 15.4. The summed E-state index contributed by atoms with van der Waals surface area (Å²) in [6.45, 7) is 0. The second-order valence-electron chi connectivity index (χ2n) is 7.13. The lowest BCUT2D eigenvalue weighted by Crippen LogP contribution is -2.30. The number of aromatic nitrogens is 2. The van der Waals surface area contributed by atoms with E-state index >= 15 is 0 Å². The summed E-state index contributed by atoms with van der Waals surface area (Å²) in [4.78, 5) is 16.5. The van der Waals surface area contributed by atoms with Crippen molar-refractivity contribution in [2.24, 2.45) is 0 Å². The lowest BCUT2D eigenvalue weighted by atomic mass is 9.89. The number of hydrogen-bond donors (Lipinski definition) is 2. The third-order valence-electron chi connectivity index (χ3n) is 5.16. The number of halogens is 3. The van der Waals surface area contributed by atoms with E-state index in [1.54, 1.807) is 4.57 Å². The van der Waals surface area contributed by atoms with Crippen molar-refractivity contribution in [3.05, 3.63) is 83.2 Å². The maximum Gasteiger partial charge on any atom is 0.227 e. The predicted octanol–water partition coefficient (Wildman–Crippen LogP) is 3.38. The molecule has 0 saturated heterocycles. The second kappa shape index (κ2) is 7.31. The monoisotopic (exact) mass is 412 g/mol. The summed E-state index contributed by atoms with van der Waals surface area (Å²) < 4.78 is 43.0. The van der Waals surface area contributed by atoms with E-state index in [2.05, 4.69) is 10.3 Å². The molecule has 1 aliphatic rings. The Labute approximate surface area is 169 Å². The molecule has 9 heteroatoms. The lowest BCUT2D eigenvalue weighted by molar-refractivity contribution is -0.121. The number of nitriles is 1. The molecule has 2 atom stereocenters. The fraction of sp³-hybridized carbons (Fsp3) is 0.190. The predicted molar refractivity (Wildman–Crippen MR) is 99.6 cm³/mol. The first kappa shape index (κ1) is 19.7. The third-order valence-corrected chi connectivity index (χ3v) is 5.16. The number of fused-ring (bicyclic) bond motifs is 1. The molecular weight excluding hydrogens is 397 g/mol. The number of nitrogens with one attached hydrogen (secondary N) is 1. The highest BCUT2D eigenvalue weighted by molar-refractivity contribution is 5.91. The molecule has 2 N–H and O–H groups in total. The second-order valence-corrected chi connectivity index (χ2v) is 7.13. The van der Waals surface area contributed by atoms with Crippen LogP contribution in [0.25, 0.3) is 0 Å². The van der Waals surface area contributed by atoms with Gasteiger partial charge in [0, 0.05) is 18.1 Å². The van der Waals surface area contributed by atoms with Gasteiger partial charge in [0.15, 0.2) is 0 Å². The summed E-state index contributed by atoms with van der Waals surface area (Å²) in [6.07, 6.45) is 2.34. The first-order valence-electron chi connectivity index (χ1n) is 9.00. The molecule has 0 aliphatic carbocycles. The highest BCUT2D eigenvalue weighted by Gasteiger charge is 2.45. The van der Waals surface area contributed by atoms with E-state index in [0.717, 1.165) is 18.2 Å². The normalized spacial score (nSPS) is 19.9.